The van der Waals surface area contributed by atoms with E-state index in [1.165, 1.54) is 0 Å². The van der Waals surface area contributed by atoms with Crippen LogP contribution < -0.4 is 0 Å². The molecule has 0 saturated carbocycles. The Morgan fingerprint density at radius 1 is 0.750 bits per heavy atom. The van der Waals surface area contributed by atoms with Crippen molar-refractivity contribution in [1.29, 1.82) is 0 Å². The molecule has 14 heteroatoms. The third-order valence-electron chi connectivity index (χ3n) is 5.64. The first kappa shape index (κ1) is 30.7. The summed E-state index contributed by atoms with van der Waals surface area (Å²) < 4.78 is 47.3. The molecule has 1 saturated heterocycles. The summed E-state index contributed by atoms with van der Waals surface area (Å²) in [6, 6.07) is 2.27. The topological polar surface area (TPSA) is 64.6 Å². The van der Waals surface area contributed by atoms with Crippen LogP contribution in [0.2, 0.25) is 70.5 Å². The second kappa shape index (κ2) is 11.2. The van der Waals surface area contributed by atoms with Crippen LogP contribution in [0.25, 0.3) is 0 Å². The summed E-state index contributed by atoms with van der Waals surface area (Å²) in [5.74, 6) is 0. The minimum absolute atomic E-state index is 0.730. The zero-order valence-corrected chi connectivity index (χ0v) is 29.3. The summed E-state index contributed by atoms with van der Waals surface area (Å²) in [4.78, 5) is 0. The lowest BCUT2D eigenvalue weighted by atomic mass is 11.0. The van der Waals surface area contributed by atoms with Gasteiger partial charge in [0.1, 0.15) is 0 Å². The van der Waals surface area contributed by atoms with Crippen LogP contribution in [0.5, 0.6) is 0 Å². The molecule has 0 bridgehead atoms. The van der Waals surface area contributed by atoms with Crippen molar-refractivity contribution in [2.45, 2.75) is 91.3 Å². The fourth-order valence-electron chi connectivity index (χ4n) is 3.56. The normalized spacial score (nSPS) is 40.5. The van der Waals surface area contributed by atoms with Crippen LogP contribution >= 0.6 is 0 Å². The lowest BCUT2D eigenvalue weighted by molar-refractivity contribution is 0.159. The van der Waals surface area contributed by atoms with Crippen LogP contribution in [-0.4, -0.2) is 60.6 Å². The molecule has 0 aromatic rings. The first-order chi connectivity index (χ1) is 14.4. The van der Waals surface area contributed by atoms with Gasteiger partial charge in [-0.2, -0.15) is 0 Å². The maximum atomic E-state index is 6.83. The van der Waals surface area contributed by atoms with Crippen LogP contribution in [0, 0.1) is 0 Å². The van der Waals surface area contributed by atoms with Crippen molar-refractivity contribution in [2.24, 2.45) is 0 Å². The maximum absolute atomic E-state index is 6.83. The molecule has 32 heavy (non-hydrogen) atoms. The van der Waals surface area contributed by atoms with E-state index in [2.05, 4.69) is 73.2 Å². The Morgan fingerprint density at radius 2 is 1.12 bits per heavy atom. The SMILES string of the molecule is C=C[SiH](C)O[Si]1(C)O[Si](C)(CC)O[Si](C)(CC)O[Si](C)(O[Si](C)(C)C=C)O[Si](C)(CC)O1. The Labute approximate surface area is 204 Å². The molecule has 1 aliphatic heterocycles. The predicted octanol–water partition coefficient (Wildman–Crippen LogP) is 5.54. The smallest absolute Gasteiger partial charge is 0.416 e. The highest BCUT2D eigenvalue weighted by Crippen LogP contribution is 2.36. The van der Waals surface area contributed by atoms with Gasteiger partial charge >= 0.3 is 43.3 Å². The molecular weight excluding hydrogens is 525 g/mol. The Morgan fingerprint density at radius 3 is 1.47 bits per heavy atom. The van der Waals surface area contributed by atoms with Crippen molar-refractivity contribution in [3.63, 3.8) is 0 Å². The lowest BCUT2D eigenvalue weighted by Crippen LogP contribution is -2.69. The summed E-state index contributed by atoms with van der Waals surface area (Å²) in [5.41, 5.74) is 3.82. The van der Waals surface area contributed by atoms with E-state index < -0.39 is 60.6 Å². The summed E-state index contributed by atoms with van der Waals surface area (Å²) in [7, 11) is -18.2. The Hall–Kier alpha value is 0.718. The lowest BCUT2D eigenvalue weighted by Gasteiger charge is -2.49. The molecule has 1 fully saturated rings. The summed E-state index contributed by atoms with van der Waals surface area (Å²) in [6.07, 6.45) is 0. The molecule has 1 heterocycles. The summed E-state index contributed by atoms with van der Waals surface area (Å²) in [5, 5.41) is 0. The van der Waals surface area contributed by atoms with Gasteiger partial charge in [0, 0.05) is 13.1 Å². The van der Waals surface area contributed by atoms with Gasteiger partial charge in [0.05, 0.1) is 0 Å². The fraction of sp³-hybridized carbons (Fsp3) is 0.778. The van der Waals surface area contributed by atoms with Gasteiger partial charge < -0.3 is 28.8 Å². The van der Waals surface area contributed by atoms with Crippen molar-refractivity contribution in [2.75, 3.05) is 0 Å². The molecule has 0 amide bonds. The van der Waals surface area contributed by atoms with Crippen LogP contribution in [0.1, 0.15) is 20.8 Å². The predicted molar refractivity (Wildman–Crippen MR) is 148 cm³/mol. The molecule has 1 aliphatic rings. The minimum atomic E-state index is -3.14. The number of hydrogen-bond acceptors (Lipinski definition) is 7. The van der Waals surface area contributed by atoms with Crippen molar-refractivity contribution in [3.05, 3.63) is 24.6 Å². The molecule has 0 radical (unpaired) electrons. The Bertz CT molecular complexity index is 674. The van der Waals surface area contributed by atoms with E-state index in [9.17, 15) is 0 Å². The molecule has 6 unspecified atom stereocenters. The van der Waals surface area contributed by atoms with Crippen molar-refractivity contribution in [1.82, 2.24) is 0 Å². The highest BCUT2D eigenvalue weighted by atomic mass is 28.6. The van der Waals surface area contributed by atoms with Crippen LogP contribution in [-0.2, 0) is 28.8 Å². The zero-order valence-electron chi connectivity index (χ0n) is 22.1. The van der Waals surface area contributed by atoms with Crippen molar-refractivity contribution < 1.29 is 28.8 Å². The molecule has 0 aromatic heterocycles. The average molecular weight is 571 g/mol. The molecule has 188 valence electrons. The molecule has 0 aliphatic carbocycles. The van der Waals surface area contributed by atoms with Gasteiger partial charge in [-0.25, -0.2) is 0 Å². The quantitative estimate of drug-likeness (QED) is 0.337. The monoisotopic (exact) mass is 570 g/mol. The van der Waals surface area contributed by atoms with Gasteiger partial charge in [0.2, 0.25) is 8.32 Å². The van der Waals surface area contributed by atoms with E-state index in [4.69, 9.17) is 28.8 Å². The molecule has 0 aromatic carbocycles. The van der Waals surface area contributed by atoms with Crippen molar-refractivity contribution in [3.8, 4) is 0 Å². The van der Waals surface area contributed by atoms with Gasteiger partial charge in [-0.15, -0.1) is 13.2 Å². The highest BCUT2D eigenvalue weighted by Gasteiger charge is 2.59. The van der Waals surface area contributed by atoms with Gasteiger partial charge in [0.25, 0.3) is 0 Å². The van der Waals surface area contributed by atoms with Crippen LogP contribution in [0.3, 0.4) is 0 Å². The third kappa shape index (κ3) is 8.74. The van der Waals surface area contributed by atoms with E-state index in [1.54, 1.807) is 0 Å². The van der Waals surface area contributed by atoms with E-state index in [0.29, 0.717) is 0 Å². The molecule has 6 atom stereocenters. The largest absolute Gasteiger partial charge is 0.469 e. The molecule has 1 rings (SSSR count). The zero-order chi connectivity index (χ0) is 25.1. The van der Waals surface area contributed by atoms with Gasteiger partial charge in [-0.05, 0) is 57.4 Å². The molecule has 0 spiro atoms. The Balaban J connectivity index is 3.65. The third-order valence-corrected chi connectivity index (χ3v) is 34.2. The van der Waals surface area contributed by atoms with E-state index in [1.807, 2.05) is 24.5 Å². The highest BCUT2D eigenvalue weighted by molar-refractivity contribution is 6.95. The van der Waals surface area contributed by atoms with Crippen LogP contribution in [0.15, 0.2) is 24.6 Å². The maximum Gasteiger partial charge on any atom is 0.469 e. The second-order valence-corrected chi connectivity index (χ2v) is 33.4. The van der Waals surface area contributed by atoms with E-state index in [-0.39, 0.29) is 0 Å². The van der Waals surface area contributed by atoms with Crippen molar-refractivity contribution >= 4 is 60.6 Å². The Kier molecular flexibility index (Phi) is 10.8. The second-order valence-electron chi connectivity index (χ2n) is 9.67. The van der Waals surface area contributed by atoms with Gasteiger partial charge in [-0.3, -0.25) is 0 Å². The minimum Gasteiger partial charge on any atom is -0.416 e. The first-order valence-corrected chi connectivity index (χ1v) is 28.9. The molecule has 0 N–H and O–H groups in total. The fourth-order valence-corrected chi connectivity index (χ4v) is 35.5. The summed E-state index contributed by atoms with van der Waals surface area (Å²) in [6.45, 7) is 30.8. The molecular formula is C18H46O7Si7. The van der Waals surface area contributed by atoms with Gasteiger partial charge in [-0.1, -0.05) is 32.2 Å². The summed E-state index contributed by atoms with van der Waals surface area (Å²) >= 11 is 0. The first-order valence-electron chi connectivity index (χ1n) is 11.6. The van der Waals surface area contributed by atoms with E-state index in [0.717, 1.165) is 18.1 Å². The van der Waals surface area contributed by atoms with Gasteiger partial charge in [0.15, 0.2) is 9.04 Å². The standard InChI is InChI=1S/C18H46O7Si7/c1-14-26(6)19-31(12)22-28(9,16-3)21-29(10,17-4)24-32(13,20-27(7,8)15-2)25-30(11,18-5)23-31/h14-15,26H,1-2,16-18H2,3-13H3. The molecule has 7 nitrogen and oxygen atoms in total. The van der Waals surface area contributed by atoms with Crippen LogP contribution in [0.4, 0.5) is 0 Å². The number of hydrogen-bond donors (Lipinski definition) is 0. The van der Waals surface area contributed by atoms with E-state index >= 15 is 0 Å². The average Bonchev–Trinajstić information content (AvgIpc) is 2.65. The number of rotatable bonds is 9.